The number of hydrogen-bond donors (Lipinski definition) is 0. The van der Waals surface area contributed by atoms with Crippen LogP contribution >= 0.6 is 0 Å². The van der Waals surface area contributed by atoms with Gasteiger partial charge in [0.05, 0.1) is 16.1 Å². The first-order valence-electron chi connectivity index (χ1n) is 5.41. The molecule has 2 aromatic rings. The smallest absolute Gasteiger partial charge is 0.258 e. The SMILES string of the molecule is O=[N+]([O-])c1ccc(F)cc1-c1ccccc1C(F)(F)F. The summed E-state index contributed by atoms with van der Waals surface area (Å²) in [5, 5.41) is 10.9. The molecule has 0 heterocycles. The van der Waals surface area contributed by atoms with Crippen LogP contribution in [0.1, 0.15) is 5.56 Å². The Bertz CT molecular complexity index is 668. The van der Waals surface area contributed by atoms with Gasteiger partial charge >= 0.3 is 6.18 Å². The van der Waals surface area contributed by atoms with Crippen molar-refractivity contribution in [2.75, 3.05) is 0 Å². The van der Waals surface area contributed by atoms with Gasteiger partial charge < -0.3 is 0 Å². The van der Waals surface area contributed by atoms with Crippen LogP contribution in [0.3, 0.4) is 0 Å². The van der Waals surface area contributed by atoms with Crippen LogP contribution in [0, 0.1) is 15.9 Å². The maximum Gasteiger partial charge on any atom is 0.417 e. The summed E-state index contributed by atoms with van der Waals surface area (Å²) in [6.45, 7) is 0. The first-order chi connectivity index (χ1) is 9.30. The maximum absolute atomic E-state index is 13.2. The van der Waals surface area contributed by atoms with E-state index in [0.29, 0.717) is 0 Å². The van der Waals surface area contributed by atoms with Gasteiger partial charge in [-0.3, -0.25) is 10.1 Å². The molecule has 0 saturated carbocycles. The van der Waals surface area contributed by atoms with E-state index >= 15 is 0 Å². The summed E-state index contributed by atoms with van der Waals surface area (Å²) in [4.78, 5) is 10.0. The van der Waals surface area contributed by atoms with E-state index in [9.17, 15) is 27.7 Å². The van der Waals surface area contributed by atoms with Crippen LogP contribution in [0.2, 0.25) is 0 Å². The van der Waals surface area contributed by atoms with E-state index in [1.165, 1.54) is 6.07 Å². The second-order valence-electron chi connectivity index (χ2n) is 3.96. The van der Waals surface area contributed by atoms with E-state index in [4.69, 9.17) is 0 Å². The van der Waals surface area contributed by atoms with Gasteiger partial charge in [0.1, 0.15) is 5.82 Å². The molecule has 0 amide bonds. The Morgan fingerprint density at radius 1 is 1.00 bits per heavy atom. The van der Waals surface area contributed by atoms with Crippen LogP contribution in [0.15, 0.2) is 42.5 Å². The van der Waals surface area contributed by atoms with Crippen LogP contribution in [0.5, 0.6) is 0 Å². The topological polar surface area (TPSA) is 43.1 Å². The fourth-order valence-corrected chi connectivity index (χ4v) is 1.85. The molecule has 0 aliphatic carbocycles. The monoisotopic (exact) mass is 285 g/mol. The summed E-state index contributed by atoms with van der Waals surface area (Å²) < 4.78 is 51.9. The molecule has 0 saturated heterocycles. The fraction of sp³-hybridized carbons (Fsp3) is 0.0769. The van der Waals surface area contributed by atoms with Gasteiger partial charge in [-0.2, -0.15) is 13.2 Å². The third-order valence-electron chi connectivity index (χ3n) is 2.68. The highest BCUT2D eigenvalue weighted by Gasteiger charge is 2.34. The van der Waals surface area contributed by atoms with E-state index in [1.54, 1.807) is 0 Å². The highest BCUT2D eigenvalue weighted by molar-refractivity contribution is 5.76. The van der Waals surface area contributed by atoms with Crippen molar-refractivity contribution < 1.29 is 22.5 Å². The minimum atomic E-state index is -4.68. The normalized spacial score (nSPS) is 11.4. The van der Waals surface area contributed by atoms with Gasteiger partial charge in [-0.25, -0.2) is 4.39 Å². The second-order valence-corrected chi connectivity index (χ2v) is 3.96. The number of nitro benzene ring substituents is 1. The van der Waals surface area contributed by atoms with Crippen molar-refractivity contribution in [3.05, 3.63) is 64.0 Å². The van der Waals surface area contributed by atoms with Crippen LogP contribution in [0.25, 0.3) is 11.1 Å². The summed E-state index contributed by atoms with van der Waals surface area (Å²) in [6, 6.07) is 6.74. The Balaban J connectivity index is 2.75. The fourth-order valence-electron chi connectivity index (χ4n) is 1.85. The summed E-state index contributed by atoms with van der Waals surface area (Å²) in [5.74, 6) is -0.845. The number of rotatable bonds is 2. The zero-order valence-corrected chi connectivity index (χ0v) is 9.82. The first-order valence-corrected chi connectivity index (χ1v) is 5.41. The van der Waals surface area contributed by atoms with Gasteiger partial charge in [-0.05, 0) is 18.2 Å². The van der Waals surface area contributed by atoms with Crippen LogP contribution < -0.4 is 0 Å². The van der Waals surface area contributed by atoms with Gasteiger partial charge in [0, 0.05) is 11.6 Å². The lowest BCUT2D eigenvalue weighted by Gasteiger charge is -2.12. The molecule has 0 aromatic heterocycles. The molecule has 0 unspecified atom stereocenters. The highest BCUT2D eigenvalue weighted by Crippen LogP contribution is 2.40. The van der Waals surface area contributed by atoms with E-state index < -0.39 is 39.3 Å². The molecule has 7 heteroatoms. The third-order valence-corrected chi connectivity index (χ3v) is 2.68. The van der Waals surface area contributed by atoms with Crippen LogP contribution in [-0.2, 0) is 6.18 Å². The van der Waals surface area contributed by atoms with Crippen molar-refractivity contribution >= 4 is 5.69 Å². The van der Waals surface area contributed by atoms with E-state index in [2.05, 4.69) is 0 Å². The minimum absolute atomic E-state index is 0.400. The Labute approximate surface area is 110 Å². The molecule has 0 fully saturated rings. The molecule has 2 rings (SSSR count). The largest absolute Gasteiger partial charge is 0.417 e. The zero-order valence-electron chi connectivity index (χ0n) is 9.82. The molecule has 0 N–H and O–H groups in total. The van der Waals surface area contributed by atoms with Crippen LogP contribution in [-0.4, -0.2) is 4.92 Å². The van der Waals surface area contributed by atoms with E-state index in [-0.39, 0.29) is 0 Å². The van der Waals surface area contributed by atoms with Crippen molar-refractivity contribution in [1.29, 1.82) is 0 Å². The number of halogens is 4. The number of nitrogens with zero attached hydrogens (tertiary/aromatic N) is 1. The molecule has 0 bridgehead atoms. The molecule has 0 spiro atoms. The van der Waals surface area contributed by atoms with Gasteiger partial charge in [0.15, 0.2) is 0 Å². The molecule has 0 radical (unpaired) electrons. The summed E-state index contributed by atoms with van der Waals surface area (Å²) in [7, 11) is 0. The third kappa shape index (κ3) is 2.61. The lowest BCUT2D eigenvalue weighted by atomic mass is 9.98. The molecule has 0 aliphatic heterocycles. The molecule has 0 atom stereocenters. The lowest BCUT2D eigenvalue weighted by Crippen LogP contribution is -2.07. The average Bonchev–Trinajstić information content (AvgIpc) is 2.37. The standard InChI is InChI=1S/C13H7F4NO2/c14-8-5-6-12(18(19)20)10(7-8)9-3-1-2-4-11(9)13(15,16)17/h1-7H. The van der Waals surface area contributed by atoms with Crippen molar-refractivity contribution in [3.63, 3.8) is 0 Å². The molecular weight excluding hydrogens is 278 g/mol. The van der Waals surface area contributed by atoms with Crippen molar-refractivity contribution in [2.45, 2.75) is 6.18 Å². The minimum Gasteiger partial charge on any atom is -0.258 e. The molecule has 0 aliphatic rings. The summed E-state index contributed by atoms with van der Waals surface area (Å²) in [6.07, 6.45) is -4.68. The number of alkyl halides is 3. The van der Waals surface area contributed by atoms with Crippen molar-refractivity contribution in [1.82, 2.24) is 0 Å². The predicted molar refractivity (Wildman–Crippen MR) is 63.5 cm³/mol. The van der Waals surface area contributed by atoms with Crippen molar-refractivity contribution in [2.24, 2.45) is 0 Å². The molecule has 20 heavy (non-hydrogen) atoms. The maximum atomic E-state index is 13.2. The highest BCUT2D eigenvalue weighted by atomic mass is 19.4. The summed E-state index contributed by atoms with van der Waals surface area (Å²) in [5.41, 5.74) is -2.45. The van der Waals surface area contributed by atoms with Crippen LogP contribution in [0.4, 0.5) is 23.2 Å². The number of hydrogen-bond acceptors (Lipinski definition) is 2. The molecule has 104 valence electrons. The van der Waals surface area contributed by atoms with Gasteiger partial charge in [0.25, 0.3) is 5.69 Å². The lowest BCUT2D eigenvalue weighted by molar-refractivity contribution is -0.384. The van der Waals surface area contributed by atoms with Gasteiger partial charge in [0.2, 0.25) is 0 Å². The van der Waals surface area contributed by atoms with E-state index in [0.717, 1.165) is 36.4 Å². The number of benzene rings is 2. The number of nitro groups is 1. The second kappa shape index (κ2) is 4.92. The molecular formula is C13H7F4NO2. The first kappa shape index (κ1) is 14.0. The Morgan fingerprint density at radius 3 is 2.25 bits per heavy atom. The Kier molecular flexibility index (Phi) is 3.44. The molecule has 3 nitrogen and oxygen atoms in total. The van der Waals surface area contributed by atoms with E-state index in [1.807, 2.05) is 0 Å². The average molecular weight is 285 g/mol. The van der Waals surface area contributed by atoms with Crippen molar-refractivity contribution in [3.8, 4) is 11.1 Å². The summed E-state index contributed by atoms with van der Waals surface area (Å²) >= 11 is 0. The molecule has 2 aromatic carbocycles. The zero-order chi connectivity index (χ0) is 14.9. The Morgan fingerprint density at radius 2 is 1.65 bits per heavy atom. The predicted octanol–water partition coefficient (Wildman–Crippen LogP) is 4.42. The quantitative estimate of drug-likeness (QED) is 0.465. The Hall–Kier alpha value is -2.44. The van der Waals surface area contributed by atoms with Gasteiger partial charge in [-0.15, -0.1) is 0 Å². The van der Waals surface area contributed by atoms with Gasteiger partial charge in [-0.1, -0.05) is 18.2 Å².